The Kier molecular flexibility index (Phi) is 4.55. The fourth-order valence-corrected chi connectivity index (χ4v) is 2.67. The molecule has 1 aromatic heterocycles. The molecule has 0 saturated carbocycles. The first-order valence-electron chi connectivity index (χ1n) is 5.83. The summed E-state index contributed by atoms with van der Waals surface area (Å²) in [5, 5.41) is 13.6. The molecule has 0 atom stereocenters. The minimum atomic E-state index is 0.0155. The average Bonchev–Trinajstić information content (AvgIpc) is 2.63. The van der Waals surface area contributed by atoms with Crippen LogP contribution in [0.5, 0.6) is 0 Å². The van der Waals surface area contributed by atoms with Crippen LogP contribution in [0.15, 0.2) is 4.47 Å². The van der Waals surface area contributed by atoms with E-state index in [1.807, 2.05) is 7.05 Å². The molecule has 1 aliphatic rings. The smallest absolute Gasteiger partial charge is 0.0861 e. The van der Waals surface area contributed by atoms with Crippen molar-refractivity contribution in [1.29, 1.82) is 0 Å². The maximum absolute atomic E-state index is 9.21. The molecule has 1 aromatic rings. The highest BCUT2D eigenvalue weighted by Gasteiger charge is 2.15. The second-order valence-corrected chi connectivity index (χ2v) is 4.99. The molecule has 96 valence electrons. The van der Waals surface area contributed by atoms with Gasteiger partial charge in [0.05, 0.1) is 35.7 Å². The molecular weight excluding hydrogens is 286 g/mol. The summed E-state index contributed by atoms with van der Waals surface area (Å²) < 4.78 is 7.99. The zero-order valence-corrected chi connectivity index (χ0v) is 11.6. The number of halogens is 1. The minimum absolute atomic E-state index is 0.0155. The lowest BCUT2D eigenvalue weighted by molar-refractivity contribution is 0.0383. The maximum atomic E-state index is 9.21. The van der Waals surface area contributed by atoms with Crippen LogP contribution in [-0.4, -0.2) is 52.6 Å². The van der Waals surface area contributed by atoms with Crippen molar-refractivity contribution in [1.82, 2.24) is 14.7 Å². The highest BCUT2D eigenvalue weighted by atomic mass is 79.9. The van der Waals surface area contributed by atoms with E-state index in [1.165, 1.54) is 0 Å². The minimum Gasteiger partial charge on any atom is -0.390 e. The number of ether oxygens (including phenoxy) is 1. The molecule has 5 nitrogen and oxygen atoms in total. The lowest BCUT2D eigenvalue weighted by atomic mass is 10.2. The van der Waals surface area contributed by atoms with E-state index >= 15 is 0 Å². The van der Waals surface area contributed by atoms with E-state index in [-0.39, 0.29) is 6.61 Å². The van der Waals surface area contributed by atoms with Crippen molar-refractivity contribution < 1.29 is 9.84 Å². The van der Waals surface area contributed by atoms with Gasteiger partial charge in [-0.25, -0.2) is 0 Å². The van der Waals surface area contributed by atoms with Gasteiger partial charge in [0.15, 0.2) is 0 Å². The predicted octanol–water partition coefficient (Wildman–Crippen LogP) is 0.550. The van der Waals surface area contributed by atoms with Crippen LogP contribution in [0.4, 0.5) is 0 Å². The summed E-state index contributed by atoms with van der Waals surface area (Å²) in [6, 6.07) is 0. The van der Waals surface area contributed by atoms with Gasteiger partial charge in [-0.2, -0.15) is 5.10 Å². The van der Waals surface area contributed by atoms with Crippen molar-refractivity contribution in [3.05, 3.63) is 15.9 Å². The molecule has 0 bridgehead atoms. The molecule has 0 unspecified atom stereocenters. The van der Waals surface area contributed by atoms with Gasteiger partial charge in [-0.15, -0.1) is 0 Å². The summed E-state index contributed by atoms with van der Waals surface area (Å²) in [6.45, 7) is 4.65. The van der Waals surface area contributed by atoms with Crippen molar-refractivity contribution in [2.75, 3.05) is 32.8 Å². The van der Waals surface area contributed by atoms with Gasteiger partial charge in [-0.05, 0) is 15.9 Å². The van der Waals surface area contributed by atoms with Crippen LogP contribution in [0.3, 0.4) is 0 Å². The number of aliphatic hydroxyl groups is 1. The first-order valence-corrected chi connectivity index (χ1v) is 6.63. The molecule has 1 fully saturated rings. The van der Waals surface area contributed by atoms with E-state index < -0.39 is 0 Å². The molecule has 2 heterocycles. The maximum Gasteiger partial charge on any atom is 0.0861 e. The molecule has 1 aliphatic heterocycles. The first kappa shape index (κ1) is 13.0. The van der Waals surface area contributed by atoms with Crippen molar-refractivity contribution >= 4 is 15.9 Å². The Bertz CT molecular complexity index is 375. The summed E-state index contributed by atoms with van der Waals surface area (Å²) in [5.74, 6) is 0. The van der Waals surface area contributed by atoms with Crippen LogP contribution >= 0.6 is 15.9 Å². The number of aliphatic hydroxyl groups excluding tert-OH is 1. The van der Waals surface area contributed by atoms with Crippen molar-refractivity contribution in [2.45, 2.75) is 13.0 Å². The van der Waals surface area contributed by atoms with Crippen LogP contribution in [0.1, 0.15) is 11.4 Å². The topological polar surface area (TPSA) is 50.5 Å². The van der Waals surface area contributed by atoms with Gasteiger partial charge < -0.3 is 9.84 Å². The number of hydrogen-bond acceptors (Lipinski definition) is 4. The van der Waals surface area contributed by atoms with Gasteiger partial charge >= 0.3 is 0 Å². The van der Waals surface area contributed by atoms with Gasteiger partial charge in [0.1, 0.15) is 0 Å². The van der Waals surface area contributed by atoms with Crippen LogP contribution in [0, 0.1) is 0 Å². The van der Waals surface area contributed by atoms with Gasteiger partial charge in [0.25, 0.3) is 0 Å². The quantitative estimate of drug-likeness (QED) is 0.882. The SMILES string of the molecule is Cn1nc(CCN2CCOCC2)c(Br)c1CO. The van der Waals surface area contributed by atoms with Crippen molar-refractivity contribution in [2.24, 2.45) is 7.05 Å². The summed E-state index contributed by atoms with van der Waals surface area (Å²) in [4.78, 5) is 2.38. The lowest BCUT2D eigenvalue weighted by Gasteiger charge is -2.26. The van der Waals surface area contributed by atoms with E-state index in [0.29, 0.717) is 0 Å². The van der Waals surface area contributed by atoms with E-state index in [9.17, 15) is 5.11 Å². The second-order valence-electron chi connectivity index (χ2n) is 4.19. The summed E-state index contributed by atoms with van der Waals surface area (Å²) in [5.41, 5.74) is 1.85. The molecule has 2 rings (SSSR count). The van der Waals surface area contributed by atoms with Crippen LogP contribution < -0.4 is 0 Å². The Morgan fingerprint density at radius 3 is 2.71 bits per heavy atom. The van der Waals surface area contributed by atoms with Gasteiger partial charge in [-0.1, -0.05) is 0 Å². The normalized spacial score (nSPS) is 17.6. The second kappa shape index (κ2) is 5.95. The molecule has 1 N–H and O–H groups in total. The molecule has 17 heavy (non-hydrogen) atoms. The standard InChI is InChI=1S/C11H18BrN3O2/c1-14-10(8-16)11(12)9(13-14)2-3-15-4-6-17-7-5-15/h16H,2-8H2,1H3. The Morgan fingerprint density at radius 1 is 1.41 bits per heavy atom. The van der Waals surface area contributed by atoms with Gasteiger partial charge in [-0.3, -0.25) is 9.58 Å². The fraction of sp³-hybridized carbons (Fsp3) is 0.727. The Morgan fingerprint density at radius 2 is 2.12 bits per heavy atom. The molecule has 0 aromatic carbocycles. The number of aryl methyl sites for hydroxylation is 1. The number of morpholine rings is 1. The number of rotatable bonds is 4. The zero-order valence-electron chi connectivity index (χ0n) is 10.0. The molecule has 0 spiro atoms. The summed E-state index contributed by atoms with van der Waals surface area (Å²) >= 11 is 3.50. The molecular formula is C11H18BrN3O2. The third-order valence-corrected chi connectivity index (χ3v) is 4.00. The zero-order chi connectivity index (χ0) is 12.3. The average molecular weight is 304 g/mol. The predicted molar refractivity (Wildman–Crippen MR) is 67.8 cm³/mol. The largest absolute Gasteiger partial charge is 0.390 e. The molecule has 1 saturated heterocycles. The monoisotopic (exact) mass is 303 g/mol. The Balaban J connectivity index is 1.94. The first-order chi connectivity index (χ1) is 8.22. The Labute approximate surface area is 109 Å². The number of aromatic nitrogens is 2. The highest BCUT2D eigenvalue weighted by molar-refractivity contribution is 9.10. The van der Waals surface area contributed by atoms with E-state index in [0.717, 1.165) is 55.1 Å². The van der Waals surface area contributed by atoms with Crippen molar-refractivity contribution in [3.8, 4) is 0 Å². The molecule has 0 aliphatic carbocycles. The van der Waals surface area contributed by atoms with Gasteiger partial charge in [0.2, 0.25) is 0 Å². The molecule has 0 radical (unpaired) electrons. The third kappa shape index (κ3) is 3.07. The van der Waals surface area contributed by atoms with E-state index in [4.69, 9.17) is 4.74 Å². The summed E-state index contributed by atoms with van der Waals surface area (Å²) in [7, 11) is 1.86. The fourth-order valence-electron chi connectivity index (χ4n) is 2.01. The molecule has 6 heteroatoms. The van der Waals surface area contributed by atoms with Crippen LogP contribution in [-0.2, 0) is 24.8 Å². The van der Waals surface area contributed by atoms with Crippen LogP contribution in [0.2, 0.25) is 0 Å². The molecule has 0 amide bonds. The number of nitrogens with zero attached hydrogens (tertiary/aromatic N) is 3. The number of hydrogen-bond donors (Lipinski definition) is 1. The Hall–Kier alpha value is -0.430. The highest BCUT2D eigenvalue weighted by Crippen LogP contribution is 2.21. The lowest BCUT2D eigenvalue weighted by Crippen LogP contribution is -2.37. The third-order valence-electron chi connectivity index (χ3n) is 3.09. The van der Waals surface area contributed by atoms with Crippen LogP contribution in [0.25, 0.3) is 0 Å². The van der Waals surface area contributed by atoms with E-state index in [2.05, 4.69) is 25.9 Å². The van der Waals surface area contributed by atoms with Gasteiger partial charge in [0, 0.05) is 33.1 Å². The summed E-state index contributed by atoms with van der Waals surface area (Å²) in [6.07, 6.45) is 0.897. The van der Waals surface area contributed by atoms with E-state index in [1.54, 1.807) is 4.68 Å². The van der Waals surface area contributed by atoms with Crippen molar-refractivity contribution in [3.63, 3.8) is 0 Å².